The fourth-order valence-electron chi connectivity index (χ4n) is 0.894. The third-order valence-corrected chi connectivity index (χ3v) is 1.29. The third-order valence-electron chi connectivity index (χ3n) is 1.11. The Balaban J connectivity index is 2.88. The lowest BCUT2D eigenvalue weighted by Gasteiger charge is -2.23. The van der Waals surface area contributed by atoms with Gasteiger partial charge in [0.15, 0.2) is 0 Å². The van der Waals surface area contributed by atoms with Crippen LogP contribution in [0.3, 0.4) is 0 Å². The highest BCUT2D eigenvalue weighted by molar-refractivity contribution is 6.23. The predicted octanol–water partition coefficient (Wildman–Crippen LogP) is 0.797. The molecule has 0 saturated carbocycles. The normalized spacial score (nSPS) is 32.4. The van der Waals surface area contributed by atoms with E-state index in [1.807, 2.05) is 6.92 Å². The van der Waals surface area contributed by atoms with E-state index in [1.165, 1.54) is 0 Å². The Morgan fingerprint density at radius 1 is 1.70 bits per heavy atom. The molecule has 0 saturated heterocycles. The number of hydrogen-bond acceptors (Lipinski definition) is 3. The van der Waals surface area contributed by atoms with E-state index in [2.05, 4.69) is 10.3 Å². The van der Waals surface area contributed by atoms with Crippen LogP contribution in [0.4, 0.5) is 0 Å². The number of aliphatic imine (C=N–C) groups is 1. The lowest BCUT2D eigenvalue weighted by Crippen LogP contribution is -2.39. The Morgan fingerprint density at radius 3 is 2.70 bits per heavy atom. The number of halogens is 1. The van der Waals surface area contributed by atoms with Gasteiger partial charge in [-0.25, -0.2) is 4.99 Å². The van der Waals surface area contributed by atoms with Gasteiger partial charge in [0.1, 0.15) is 0 Å². The summed E-state index contributed by atoms with van der Waals surface area (Å²) in [6, 6.07) is 0. The number of hydrogen-bond donors (Lipinski definition) is 2. The van der Waals surface area contributed by atoms with Crippen LogP contribution in [0.2, 0.25) is 0 Å². The van der Waals surface area contributed by atoms with Crippen molar-refractivity contribution in [2.45, 2.75) is 19.2 Å². The van der Waals surface area contributed by atoms with Crippen LogP contribution in [0.15, 0.2) is 16.8 Å². The first-order valence-electron chi connectivity index (χ1n) is 2.94. The first kappa shape index (κ1) is 7.57. The SMILES string of the molecule is CC1=CC(C)=NC(O)(Cl)N1. The Hall–Kier alpha value is -0.540. The zero-order valence-corrected chi connectivity index (χ0v) is 6.61. The van der Waals surface area contributed by atoms with Crippen LogP contribution in [0, 0.1) is 0 Å². The maximum Gasteiger partial charge on any atom is 0.317 e. The van der Waals surface area contributed by atoms with Crippen LogP contribution in [-0.2, 0) is 0 Å². The van der Waals surface area contributed by atoms with E-state index in [0.717, 1.165) is 5.70 Å². The van der Waals surface area contributed by atoms with E-state index in [4.69, 9.17) is 16.7 Å². The van der Waals surface area contributed by atoms with E-state index in [0.29, 0.717) is 5.71 Å². The molecule has 0 fully saturated rings. The molecule has 4 heteroatoms. The highest BCUT2D eigenvalue weighted by atomic mass is 35.5. The van der Waals surface area contributed by atoms with Gasteiger partial charge >= 0.3 is 5.31 Å². The molecule has 1 unspecified atom stereocenters. The lowest BCUT2D eigenvalue weighted by molar-refractivity contribution is 0.111. The summed E-state index contributed by atoms with van der Waals surface area (Å²) in [6.07, 6.45) is 1.80. The van der Waals surface area contributed by atoms with Crippen molar-refractivity contribution in [3.8, 4) is 0 Å². The summed E-state index contributed by atoms with van der Waals surface area (Å²) in [4.78, 5) is 3.72. The van der Waals surface area contributed by atoms with Crippen LogP contribution in [0.5, 0.6) is 0 Å². The molecule has 3 nitrogen and oxygen atoms in total. The Morgan fingerprint density at radius 2 is 2.30 bits per heavy atom. The van der Waals surface area contributed by atoms with E-state index < -0.39 is 5.31 Å². The van der Waals surface area contributed by atoms with Crippen molar-refractivity contribution in [1.29, 1.82) is 0 Å². The van der Waals surface area contributed by atoms with Gasteiger partial charge in [-0.05, 0) is 31.5 Å². The maximum atomic E-state index is 9.14. The highest BCUT2D eigenvalue weighted by Crippen LogP contribution is 2.15. The topological polar surface area (TPSA) is 44.6 Å². The molecule has 1 heterocycles. The molecular formula is C6H9ClN2O. The summed E-state index contributed by atoms with van der Waals surface area (Å²) in [5.74, 6) is 0. The quantitative estimate of drug-likeness (QED) is 0.407. The second kappa shape index (κ2) is 2.25. The molecule has 10 heavy (non-hydrogen) atoms. The van der Waals surface area contributed by atoms with Crippen LogP contribution in [0.25, 0.3) is 0 Å². The van der Waals surface area contributed by atoms with E-state index >= 15 is 0 Å². The van der Waals surface area contributed by atoms with Crippen molar-refractivity contribution in [3.05, 3.63) is 11.8 Å². The highest BCUT2D eigenvalue weighted by Gasteiger charge is 2.24. The van der Waals surface area contributed by atoms with Crippen molar-refractivity contribution in [2.24, 2.45) is 4.99 Å². The molecule has 1 aliphatic heterocycles. The molecule has 0 aliphatic carbocycles. The van der Waals surface area contributed by atoms with E-state index in [-0.39, 0.29) is 0 Å². The smallest absolute Gasteiger partial charge is 0.317 e. The van der Waals surface area contributed by atoms with Gasteiger partial charge in [-0.2, -0.15) is 0 Å². The van der Waals surface area contributed by atoms with Crippen molar-refractivity contribution < 1.29 is 5.11 Å². The minimum absolute atomic E-state index is 0.716. The summed E-state index contributed by atoms with van der Waals surface area (Å²) in [5, 5.41) is 10.1. The first-order valence-corrected chi connectivity index (χ1v) is 3.32. The summed E-state index contributed by atoms with van der Waals surface area (Å²) in [7, 11) is 0. The third kappa shape index (κ3) is 1.72. The minimum atomic E-state index is -1.64. The van der Waals surface area contributed by atoms with Crippen molar-refractivity contribution in [2.75, 3.05) is 0 Å². The van der Waals surface area contributed by atoms with Crippen molar-refractivity contribution in [1.82, 2.24) is 5.32 Å². The van der Waals surface area contributed by atoms with Gasteiger partial charge in [0, 0.05) is 11.4 Å². The first-order chi connectivity index (χ1) is 4.49. The largest absolute Gasteiger partial charge is 0.340 e. The molecular weight excluding hydrogens is 152 g/mol. The number of allylic oxidation sites excluding steroid dienone is 2. The maximum absolute atomic E-state index is 9.14. The van der Waals surface area contributed by atoms with Gasteiger partial charge in [-0.15, -0.1) is 0 Å². The van der Waals surface area contributed by atoms with E-state index in [9.17, 15) is 0 Å². The summed E-state index contributed by atoms with van der Waals surface area (Å²) in [5.41, 5.74) is 1.53. The molecule has 1 aliphatic rings. The summed E-state index contributed by atoms with van der Waals surface area (Å²) in [6.45, 7) is 3.59. The van der Waals surface area contributed by atoms with Crippen LogP contribution < -0.4 is 5.32 Å². The Labute approximate surface area is 64.4 Å². The van der Waals surface area contributed by atoms with E-state index in [1.54, 1.807) is 13.0 Å². The van der Waals surface area contributed by atoms with Crippen LogP contribution in [0.1, 0.15) is 13.8 Å². The van der Waals surface area contributed by atoms with Gasteiger partial charge in [0.2, 0.25) is 0 Å². The summed E-state index contributed by atoms with van der Waals surface area (Å²) < 4.78 is 0. The van der Waals surface area contributed by atoms with Crippen molar-refractivity contribution >= 4 is 17.3 Å². The summed E-state index contributed by atoms with van der Waals surface area (Å²) >= 11 is 5.48. The van der Waals surface area contributed by atoms with Gasteiger partial charge in [-0.1, -0.05) is 0 Å². The molecule has 56 valence electrons. The predicted molar refractivity (Wildman–Crippen MR) is 40.8 cm³/mol. The van der Waals surface area contributed by atoms with Gasteiger partial charge < -0.3 is 10.4 Å². The monoisotopic (exact) mass is 160 g/mol. The molecule has 0 spiro atoms. The number of nitrogens with one attached hydrogen (secondary N) is 1. The molecule has 0 aromatic rings. The molecule has 1 rings (SSSR count). The molecule has 0 radical (unpaired) electrons. The molecule has 0 aromatic carbocycles. The molecule has 2 N–H and O–H groups in total. The van der Waals surface area contributed by atoms with Crippen LogP contribution in [-0.4, -0.2) is 16.1 Å². The standard InChI is InChI=1S/C6H9ClN2O/c1-4-3-5(2)9-6(7,10)8-4/h3,8,10H,1-2H3. The van der Waals surface area contributed by atoms with Crippen LogP contribution >= 0.6 is 11.6 Å². The number of rotatable bonds is 0. The molecule has 1 atom stereocenters. The van der Waals surface area contributed by atoms with Gasteiger partial charge in [0.25, 0.3) is 0 Å². The minimum Gasteiger partial charge on any atom is -0.340 e. The second-order valence-electron chi connectivity index (χ2n) is 2.29. The number of nitrogens with zero attached hydrogens (tertiary/aromatic N) is 1. The molecule has 0 bridgehead atoms. The number of alkyl halides is 1. The lowest BCUT2D eigenvalue weighted by atomic mass is 10.3. The zero-order valence-electron chi connectivity index (χ0n) is 5.85. The average Bonchev–Trinajstić information content (AvgIpc) is 1.54. The van der Waals surface area contributed by atoms with Gasteiger partial charge in [0.05, 0.1) is 0 Å². The number of aliphatic hydroxyl groups is 1. The zero-order chi connectivity index (χ0) is 7.78. The Bertz CT molecular complexity index is 208. The fourth-order valence-corrected chi connectivity index (χ4v) is 1.18. The molecule has 0 aromatic heterocycles. The fraction of sp³-hybridized carbons (Fsp3) is 0.500. The van der Waals surface area contributed by atoms with Gasteiger partial charge in [-0.3, -0.25) is 0 Å². The second-order valence-corrected chi connectivity index (χ2v) is 2.82. The molecule has 0 amide bonds. The Kier molecular flexibility index (Phi) is 1.70. The van der Waals surface area contributed by atoms with Crippen molar-refractivity contribution in [3.63, 3.8) is 0 Å². The average molecular weight is 161 g/mol.